The summed E-state index contributed by atoms with van der Waals surface area (Å²) in [5.74, 6) is 0. The van der Waals surface area contributed by atoms with Crippen LogP contribution in [0.3, 0.4) is 0 Å². The molecule has 0 fully saturated rings. The van der Waals surface area contributed by atoms with E-state index in [1.54, 1.807) is 6.92 Å². The number of hydrogen-bond acceptors (Lipinski definition) is 5. The van der Waals surface area contributed by atoms with Crippen LogP contribution in [0.5, 0.6) is 0 Å². The Bertz CT molecular complexity index is 971. The van der Waals surface area contributed by atoms with Crippen molar-refractivity contribution in [3.05, 3.63) is 43.2 Å². The average molecular weight is 367 g/mol. The summed E-state index contributed by atoms with van der Waals surface area (Å²) < 4.78 is 28.2. The highest BCUT2D eigenvalue weighted by Gasteiger charge is 2.31. The van der Waals surface area contributed by atoms with Gasteiger partial charge in [0, 0.05) is 23.4 Å². The summed E-state index contributed by atoms with van der Waals surface area (Å²) >= 11 is 0. The summed E-state index contributed by atoms with van der Waals surface area (Å²) in [7, 11) is -9.98. The second kappa shape index (κ2) is 5.64. The lowest BCUT2D eigenvalue weighted by Gasteiger charge is -2.13. The molecule has 0 spiro atoms. The molecule has 2 aromatic heterocycles. The second-order valence-electron chi connectivity index (χ2n) is 4.94. The van der Waals surface area contributed by atoms with Gasteiger partial charge in [0.2, 0.25) is 0 Å². The van der Waals surface area contributed by atoms with E-state index in [0.717, 1.165) is 4.52 Å². The Morgan fingerprint density at radius 1 is 1.00 bits per heavy atom. The number of hydrogen-bond donors (Lipinski definition) is 4. The Morgan fingerprint density at radius 2 is 1.52 bits per heavy atom. The van der Waals surface area contributed by atoms with Gasteiger partial charge in [0.05, 0.1) is 5.69 Å². The summed E-state index contributed by atoms with van der Waals surface area (Å²) in [6.45, 7) is 4.15. The van der Waals surface area contributed by atoms with E-state index in [4.69, 9.17) is 9.79 Å². The van der Waals surface area contributed by atoms with E-state index < -0.39 is 33.2 Å². The number of aryl methyl sites for hydroxylation is 1. The van der Waals surface area contributed by atoms with Gasteiger partial charge in [0.1, 0.15) is 0 Å². The van der Waals surface area contributed by atoms with Crippen molar-refractivity contribution in [3.8, 4) is 0 Å². The first-order valence-corrected chi connectivity index (χ1v) is 9.37. The van der Waals surface area contributed by atoms with Crippen molar-refractivity contribution in [2.75, 3.05) is 0 Å². The maximum atomic E-state index is 12.1. The van der Waals surface area contributed by atoms with E-state index in [0.29, 0.717) is 11.3 Å². The van der Waals surface area contributed by atoms with Crippen molar-refractivity contribution in [1.82, 2.24) is 14.1 Å². The van der Waals surface area contributed by atoms with Crippen LogP contribution in [0.25, 0.3) is 0 Å². The van der Waals surface area contributed by atoms with Crippen LogP contribution >= 0.6 is 15.6 Å². The van der Waals surface area contributed by atoms with Crippen molar-refractivity contribution < 1.29 is 28.1 Å². The highest BCUT2D eigenvalue weighted by Crippen LogP contribution is 2.54. The van der Waals surface area contributed by atoms with Gasteiger partial charge in [-0.2, -0.15) is 8.83 Å². The van der Waals surface area contributed by atoms with E-state index in [-0.39, 0.29) is 11.3 Å². The third-order valence-electron chi connectivity index (χ3n) is 3.44. The zero-order valence-electron chi connectivity index (χ0n) is 12.4. The third-order valence-corrected chi connectivity index (χ3v) is 5.73. The van der Waals surface area contributed by atoms with Gasteiger partial charge in [-0.1, -0.05) is 0 Å². The third kappa shape index (κ3) is 3.31. The van der Waals surface area contributed by atoms with Crippen LogP contribution in [0.1, 0.15) is 22.5 Å². The molecule has 2 rings (SSSR count). The lowest BCUT2D eigenvalue weighted by Crippen LogP contribution is -2.23. The molecule has 128 valence electrons. The summed E-state index contributed by atoms with van der Waals surface area (Å²) in [6.07, 6.45) is 0. The molecule has 0 radical (unpaired) electrons. The number of phosphoric acid groups is 1. The van der Waals surface area contributed by atoms with Crippen LogP contribution in [0.15, 0.2) is 9.59 Å². The normalized spacial score (nSPS) is 15.2. The Kier molecular flexibility index (Phi) is 4.42. The number of aromatic nitrogens is 2. The fourth-order valence-corrected chi connectivity index (χ4v) is 3.95. The van der Waals surface area contributed by atoms with Crippen molar-refractivity contribution in [2.24, 2.45) is 0 Å². The first-order chi connectivity index (χ1) is 10.4. The number of fused-ring (bicyclic) bond motifs is 1. The maximum Gasteiger partial charge on any atom is 0.477 e. The Hall–Kier alpha value is -1.32. The minimum atomic E-state index is -5.18. The molecule has 1 unspecified atom stereocenters. The number of nitrogens with one attached hydrogen (secondary N) is 1. The largest absolute Gasteiger partial charge is 0.477 e. The molecule has 0 aliphatic rings. The van der Waals surface area contributed by atoms with Gasteiger partial charge in [-0.15, -0.1) is 0 Å². The van der Waals surface area contributed by atoms with Gasteiger partial charge < -0.3 is 14.7 Å². The summed E-state index contributed by atoms with van der Waals surface area (Å²) in [5.41, 5.74) is 0.116. The molecule has 4 N–H and O–H groups in total. The Morgan fingerprint density at radius 3 is 2.04 bits per heavy atom. The zero-order valence-corrected chi connectivity index (χ0v) is 14.2. The smallest absolute Gasteiger partial charge is 0.312 e. The van der Waals surface area contributed by atoms with E-state index in [9.17, 15) is 23.6 Å². The van der Waals surface area contributed by atoms with Gasteiger partial charge in [0.25, 0.3) is 11.1 Å². The van der Waals surface area contributed by atoms with E-state index in [1.165, 1.54) is 18.4 Å². The molecule has 13 heteroatoms. The van der Waals surface area contributed by atoms with Gasteiger partial charge in [0.15, 0.2) is 0 Å². The van der Waals surface area contributed by atoms with Crippen LogP contribution in [-0.4, -0.2) is 23.7 Å². The quantitative estimate of drug-likeness (QED) is 0.507. The molecule has 23 heavy (non-hydrogen) atoms. The van der Waals surface area contributed by atoms with Gasteiger partial charge >= 0.3 is 15.6 Å². The van der Waals surface area contributed by atoms with E-state index in [1.807, 2.05) is 5.09 Å². The molecule has 0 aliphatic heterocycles. The summed E-state index contributed by atoms with van der Waals surface area (Å²) in [4.78, 5) is 50.7. The highest BCUT2D eigenvalue weighted by molar-refractivity contribution is 7.62. The minimum Gasteiger partial charge on any atom is -0.312 e. The molecular weight excluding hydrogens is 352 g/mol. The molecule has 0 amide bonds. The van der Waals surface area contributed by atoms with E-state index in [2.05, 4.69) is 4.31 Å². The molecule has 0 saturated carbocycles. The van der Waals surface area contributed by atoms with Crippen molar-refractivity contribution in [1.29, 1.82) is 0 Å². The minimum absolute atomic E-state index is 0.161. The fraction of sp³-hybridized carbons (Fsp3) is 0.400. The van der Waals surface area contributed by atoms with Gasteiger partial charge in [-0.25, -0.2) is 18.7 Å². The van der Waals surface area contributed by atoms with Crippen molar-refractivity contribution in [2.45, 2.75) is 27.3 Å². The molecule has 0 aromatic carbocycles. The monoisotopic (exact) mass is 367 g/mol. The molecule has 2 aromatic rings. The first kappa shape index (κ1) is 18.0. The molecule has 0 aliphatic carbocycles. The van der Waals surface area contributed by atoms with Crippen LogP contribution in [-0.2, 0) is 20.0 Å². The fourth-order valence-electron chi connectivity index (χ4n) is 2.22. The van der Waals surface area contributed by atoms with Crippen LogP contribution in [0, 0.1) is 20.8 Å². The van der Waals surface area contributed by atoms with Crippen molar-refractivity contribution >= 4 is 15.6 Å². The SMILES string of the molecule is Cc1c(C)n2c(CNP(=O)(O)OP(=O)(O)O)c(C)c(=O)n2c1=O. The first-order valence-electron chi connectivity index (χ1n) is 6.26. The van der Waals surface area contributed by atoms with E-state index >= 15 is 0 Å². The highest BCUT2D eigenvalue weighted by atomic mass is 31.3. The molecule has 0 saturated heterocycles. The number of rotatable bonds is 5. The molecule has 0 bridgehead atoms. The average Bonchev–Trinajstić information content (AvgIpc) is 2.75. The molecule has 1 atom stereocenters. The lowest BCUT2D eigenvalue weighted by atomic mass is 10.2. The molecule has 2 heterocycles. The Labute approximate surface area is 129 Å². The van der Waals surface area contributed by atoms with Crippen molar-refractivity contribution in [3.63, 3.8) is 0 Å². The number of nitrogens with zero attached hydrogens (tertiary/aromatic N) is 2. The standard InChI is InChI=1S/C10H15N3O8P2/c1-5-7(3)12-8(6(2)10(15)13(12)9(5)14)4-11-22(16,17)21-23(18,19)20/h4H2,1-3H3,(H2,11,16,17)(H2,18,19,20). The van der Waals surface area contributed by atoms with Crippen LogP contribution in [0.4, 0.5) is 0 Å². The lowest BCUT2D eigenvalue weighted by molar-refractivity contribution is 0.258. The predicted octanol–water partition coefficient (Wildman–Crippen LogP) is -0.578. The predicted molar refractivity (Wildman–Crippen MR) is 78.6 cm³/mol. The molecular formula is C10H15N3O8P2. The zero-order chi connectivity index (χ0) is 17.7. The summed E-state index contributed by atoms with van der Waals surface area (Å²) in [6, 6.07) is 0. The maximum absolute atomic E-state index is 12.1. The van der Waals surface area contributed by atoms with Gasteiger partial charge in [-0.3, -0.25) is 9.59 Å². The molecule has 11 nitrogen and oxygen atoms in total. The van der Waals surface area contributed by atoms with Gasteiger partial charge in [-0.05, 0) is 20.8 Å². The Balaban J connectivity index is 2.46. The van der Waals surface area contributed by atoms with Crippen LogP contribution < -0.4 is 16.2 Å². The summed E-state index contributed by atoms with van der Waals surface area (Å²) in [5, 5.41) is 1.96. The second-order valence-corrected chi connectivity index (χ2v) is 7.93. The van der Waals surface area contributed by atoms with Crippen LogP contribution in [0.2, 0.25) is 0 Å². The topological polar surface area (TPSA) is 159 Å².